The zero-order chi connectivity index (χ0) is 30.5. The summed E-state index contributed by atoms with van der Waals surface area (Å²) in [4.78, 5) is 32.0. The lowest BCUT2D eigenvalue weighted by Gasteiger charge is -2.37. The van der Waals surface area contributed by atoms with Crippen LogP contribution < -0.4 is 15.8 Å². The lowest BCUT2D eigenvalue weighted by Crippen LogP contribution is -2.40. The largest absolute Gasteiger partial charge is 0.381 e. The topological polar surface area (TPSA) is 107 Å². The van der Waals surface area contributed by atoms with Crippen LogP contribution >= 0.6 is 0 Å². The highest BCUT2D eigenvalue weighted by Crippen LogP contribution is 2.36. The van der Waals surface area contributed by atoms with Crippen LogP contribution in [0.5, 0.6) is 0 Å². The van der Waals surface area contributed by atoms with Crippen molar-refractivity contribution >= 4 is 11.6 Å². The highest BCUT2D eigenvalue weighted by Gasteiger charge is 2.25. The molecule has 2 fully saturated rings. The number of hydrogen-bond donors (Lipinski definition) is 3. The van der Waals surface area contributed by atoms with Gasteiger partial charge in [-0.15, -0.1) is 0 Å². The van der Waals surface area contributed by atoms with E-state index < -0.39 is 6.23 Å². The monoisotopic (exact) mass is 588 g/mol. The van der Waals surface area contributed by atoms with Crippen molar-refractivity contribution in [2.75, 3.05) is 44.4 Å². The first kappa shape index (κ1) is 30.9. The van der Waals surface area contributed by atoms with Gasteiger partial charge in [-0.1, -0.05) is 24.3 Å². The number of aromatic nitrogens is 1. The number of benzene rings is 2. The van der Waals surface area contributed by atoms with Crippen molar-refractivity contribution in [1.82, 2.24) is 15.2 Å². The molecule has 3 aromatic rings. The zero-order valence-corrected chi connectivity index (χ0v) is 25.7. The maximum Gasteiger partial charge on any atom is 0.252 e. The molecule has 1 aromatic heterocycles. The second-order valence-electron chi connectivity index (χ2n) is 11.6. The lowest BCUT2D eigenvalue weighted by molar-refractivity contribution is -0.143. The molecule has 9 heteroatoms. The average molecular weight is 589 g/mol. The number of carbonyl (C=O) groups is 1. The average Bonchev–Trinajstić information content (AvgIpc) is 3.00. The fourth-order valence-corrected chi connectivity index (χ4v) is 6.24. The third-order valence-corrected chi connectivity index (χ3v) is 8.71. The summed E-state index contributed by atoms with van der Waals surface area (Å²) in [7, 11) is 0. The molecule has 0 saturated carbocycles. The Labute approximate surface area is 253 Å². The third kappa shape index (κ3) is 7.18. The van der Waals surface area contributed by atoms with E-state index in [0.29, 0.717) is 31.3 Å². The fourth-order valence-electron chi connectivity index (χ4n) is 6.24. The molecular weight excluding hydrogens is 544 g/mol. The molecule has 9 nitrogen and oxygen atoms in total. The molecule has 2 aliphatic rings. The maximum atomic E-state index is 12.6. The number of aromatic amines is 1. The summed E-state index contributed by atoms with van der Waals surface area (Å²) in [6.07, 6.45) is 0.940. The second kappa shape index (κ2) is 13.9. The predicted molar refractivity (Wildman–Crippen MR) is 168 cm³/mol. The van der Waals surface area contributed by atoms with Crippen molar-refractivity contribution < 1.29 is 19.4 Å². The molecule has 1 atom stereocenters. The van der Waals surface area contributed by atoms with Crippen LogP contribution in [0.4, 0.5) is 5.69 Å². The minimum Gasteiger partial charge on any atom is -0.381 e. The molecule has 1 amide bonds. The van der Waals surface area contributed by atoms with E-state index in [1.54, 1.807) is 0 Å². The number of anilines is 1. The minimum atomic E-state index is -0.973. The number of amides is 1. The lowest BCUT2D eigenvalue weighted by atomic mass is 9.94. The number of aliphatic hydroxyl groups excluding tert-OH is 1. The Kier molecular flexibility index (Phi) is 9.97. The molecule has 43 heavy (non-hydrogen) atoms. The van der Waals surface area contributed by atoms with Crippen LogP contribution in [-0.2, 0) is 27.4 Å². The number of pyridine rings is 1. The van der Waals surface area contributed by atoms with Crippen molar-refractivity contribution in [1.29, 1.82) is 0 Å². The van der Waals surface area contributed by atoms with Gasteiger partial charge in [-0.25, -0.2) is 0 Å². The van der Waals surface area contributed by atoms with E-state index in [9.17, 15) is 14.7 Å². The first-order valence-corrected chi connectivity index (χ1v) is 15.3. The Morgan fingerprint density at radius 2 is 1.77 bits per heavy atom. The summed E-state index contributed by atoms with van der Waals surface area (Å²) in [5.41, 5.74) is 8.15. The van der Waals surface area contributed by atoms with Crippen LogP contribution in [0.15, 0.2) is 47.3 Å². The summed E-state index contributed by atoms with van der Waals surface area (Å²) in [6.45, 7) is 12.4. The van der Waals surface area contributed by atoms with Crippen molar-refractivity contribution in [3.05, 3.63) is 86.3 Å². The van der Waals surface area contributed by atoms with Gasteiger partial charge >= 0.3 is 0 Å². The molecule has 230 valence electrons. The van der Waals surface area contributed by atoms with E-state index >= 15 is 0 Å². The first-order valence-electron chi connectivity index (χ1n) is 15.3. The van der Waals surface area contributed by atoms with Crippen molar-refractivity contribution in [3.63, 3.8) is 0 Å². The summed E-state index contributed by atoms with van der Waals surface area (Å²) < 4.78 is 10.9. The van der Waals surface area contributed by atoms with Crippen LogP contribution in [0.3, 0.4) is 0 Å². The van der Waals surface area contributed by atoms with Crippen molar-refractivity contribution in [2.24, 2.45) is 0 Å². The van der Waals surface area contributed by atoms with E-state index in [1.165, 1.54) is 0 Å². The Morgan fingerprint density at radius 3 is 2.44 bits per heavy atom. The van der Waals surface area contributed by atoms with Gasteiger partial charge < -0.3 is 29.4 Å². The number of rotatable bonds is 10. The van der Waals surface area contributed by atoms with Gasteiger partial charge in [0.05, 0.1) is 6.61 Å². The number of morpholine rings is 1. The number of hydrogen-bond acceptors (Lipinski definition) is 7. The molecule has 0 radical (unpaired) electrons. The van der Waals surface area contributed by atoms with E-state index in [0.717, 1.165) is 77.4 Å². The van der Waals surface area contributed by atoms with E-state index in [2.05, 4.69) is 59.4 Å². The smallest absolute Gasteiger partial charge is 0.252 e. The van der Waals surface area contributed by atoms with Crippen LogP contribution in [-0.4, -0.2) is 66.5 Å². The number of nitrogens with one attached hydrogen (secondary N) is 2. The van der Waals surface area contributed by atoms with E-state index in [1.807, 2.05) is 30.9 Å². The van der Waals surface area contributed by atoms with Crippen molar-refractivity contribution in [3.8, 4) is 11.1 Å². The van der Waals surface area contributed by atoms with Crippen LogP contribution in [0.25, 0.3) is 11.1 Å². The quantitative estimate of drug-likeness (QED) is 0.306. The second-order valence-corrected chi connectivity index (χ2v) is 11.6. The number of carbonyl (C=O) groups excluding carboxylic acids is 1. The van der Waals surface area contributed by atoms with Crippen LogP contribution in [0.1, 0.15) is 59.5 Å². The van der Waals surface area contributed by atoms with Gasteiger partial charge in [-0.2, -0.15) is 0 Å². The van der Waals surface area contributed by atoms with Gasteiger partial charge in [0.15, 0.2) is 0 Å². The summed E-state index contributed by atoms with van der Waals surface area (Å²) in [5, 5.41) is 14.7. The molecule has 2 aliphatic heterocycles. The predicted octanol–water partition coefficient (Wildman–Crippen LogP) is 4.11. The summed E-state index contributed by atoms with van der Waals surface area (Å²) in [6, 6.07) is 14.9. The Morgan fingerprint density at radius 1 is 1.02 bits per heavy atom. The van der Waals surface area contributed by atoms with Gasteiger partial charge in [-0.05, 0) is 86.6 Å². The molecule has 2 aromatic carbocycles. The van der Waals surface area contributed by atoms with Crippen LogP contribution in [0.2, 0.25) is 0 Å². The third-order valence-electron chi connectivity index (χ3n) is 8.71. The number of H-pyrrole nitrogens is 1. The maximum absolute atomic E-state index is 12.6. The Hall–Kier alpha value is -3.50. The summed E-state index contributed by atoms with van der Waals surface area (Å²) >= 11 is 0. The normalized spacial score (nSPS) is 16.9. The molecule has 0 bridgehead atoms. The number of nitrogens with zero attached hydrogens (tertiary/aromatic N) is 2. The van der Waals surface area contributed by atoms with E-state index in [4.69, 9.17) is 9.47 Å². The molecule has 0 aliphatic carbocycles. The van der Waals surface area contributed by atoms with Crippen LogP contribution in [0, 0.1) is 20.8 Å². The fraction of sp³-hybridized carbons (Fsp3) is 0.471. The zero-order valence-electron chi connectivity index (χ0n) is 25.7. The van der Waals surface area contributed by atoms with Gasteiger partial charge in [0.2, 0.25) is 5.91 Å². The molecule has 3 N–H and O–H groups in total. The van der Waals surface area contributed by atoms with Gasteiger partial charge in [-0.3, -0.25) is 14.9 Å². The minimum absolute atomic E-state index is 0.0141. The standard InChI is InChI=1S/C34H44N4O5/c1-5-38(28-10-13-42-14-11-28)31-18-27(26-8-6-25(7-9-26)20-37-12-15-43-21-32(37)39)17-29(24(31)4)33(40)35-19-30-22(2)16-23(3)36-34(30)41/h6-9,16-18,28,33,35,40H,5,10-15,19-21H2,1-4H3,(H,36,41). The molecule has 3 heterocycles. The SMILES string of the molecule is CCN(c1cc(-c2ccc(CN3CCOCC3=O)cc2)cc(C(O)NCc2c(C)cc(C)[nH]c2=O)c1C)C1CCOCC1. The Balaban J connectivity index is 1.46. The molecule has 5 rings (SSSR count). The van der Waals surface area contributed by atoms with Crippen molar-refractivity contribution in [2.45, 2.75) is 65.9 Å². The number of aryl methyl sites for hydroxylation is 2. The highest BCUT2D eigenvalue weighted by atomic mass is 16.5. The van der Waals surface area contributed by atoms with E-state index in [-0.39, 0.29) is 24.6 Å². The van der Waals surface area contributed by atoms with Gasteiger partial charge in [0, 0.05) is 67.9 Å². The van der Waals surface area contributed by atoms with Gasteiger partial charge in [0.25, 0.3) is 5.56 Å². The van der Waals surface area contributed by atoms with Gasteiger partial charge in [0.1, 0.15) is 12.8 Å². The molecule has 2 saturated heterocycles. The molecular formula is C34H44N4O5. The first-order chi connectivity index (χ1) is 20.7. The summed E-state index contributed by atoms with van der Waals surface area (Å²) in [5.74, 6) is 0.0141. The number of ether oxygens (including phenoxy) is 2. The molecule has 0 spiro atoms. The molecule has 1 unspecified atom stereocenters. The Bertz CT molecular complexity index is 1480. The number of aliphatic hydroxyl groups is 1. The highest BCUT2D eigenvalue weighted by molar-refractivity contribution is 5.78.